The molecule has 1 amide bonds. The molecule has 0 radical (unpaired) electrons. The Morgan fingerprint density at radius 2 is 2.21 bits per heavy atom. The van der Waals surface area contributed by atoms with Gasteiger partial charge in [-0.15, -0.1) is 11.3 Å². The van der Waals surface area contributed by atoms with E-state index in [-0.39, 0.29) is 5.91 Å². The van der Waals surface area contributed by atoms with Crippen LogP contribution in [0.1, 0.15) is 40.9 Å². The minimum atomic E-state index is 0.0404. The molecule has 2 rings (SSSR count). The molecule has 1 N–H and O–H groups in total. The van der Waals surface area contributed by atoms with Gasteiger partial charge in [-0.2, -0.15) is 0 Å². The Hall–Kier alpha value is -0.390. The Kier molecular flexibility index (Phi) is 5.42. The number of nitrogens with zero attached hydrogens (tertiary/aromatic N) is 1. The number of likely N-dealkylation sites (N-methyl/N-ethyl adjacent to an activating group) is 1. The molecular formula is C14H21BrN2OS. The van der Waals surface area contributed by atoms with Crippen LogP contribution < -0.4 is 5.32 Å². The molecule has 0 aliphatic heterocycles. The molecule has 0 saturated heterocycles. The van der Waals surface area contributed by atoms with E-state index >= 15 is 0 Å². The summed E-state index contributed by atoms with van der Waals surface area (Å²) in [7, 11) is 2.16. The zero-order chi connectivity index (χ0) is 13.8. The number of nitrogens with one attached hydrogen (secondary N) is 1. The third-order valence-corrected chi connectivity index (χ3v) is 5.91. The van der Waals surface area contributed by atoms with Crippen LogP contribution in [0, 0.1) is 6.92 Å². The van der Waals surface area contributed by atoms with E-state index in [9.17, 15) is 4.79 Å². The van der Waals surface area contributed by atoms with Gasteiger partial charge in [-0.05, 0) is 54.4 Å². The van der Waals surface area contributed by atoms with Gasteiger partial charge in [-0.3, -0.25) is 4.79 Å². The van der Waals surface area contributed by atoms with E-state index in [0.717, 1.165) is 33.4 Å². The lowest BCUT2D eigenvalue weighted by Crippen LogP contribution is -2.37. The highest BCUT2D eigenvalue weighted by atomic mass is 79.9. The first kappa shape index (κ1) is 15.0. The van der Waals surface area contributed by atoms with Crippen LogP contribution >= 0.6 is 27.3 Å². The van der Waals surface area contributed by atoms with Crippen LogP contribution in [0.2, 0.25) is 0 Å². The minimum absolute atomic E-state index is 0.0404. The van der Waals surface area contributed by atoms with Crippen LogP contribution in [-0.4, -0.2) is 37.0 Å². The molecule has 0 aromatic carbocycles. The molecule has 0 unspecified atom stereocenters. The van der Waals surface area contributed by atoms with Crippen molar-refractivity contribution in [1.29, 1.82) is 0 Å². The predicted molar refractivity (Wildman–Crippen MR) is 84.0 cm³/mol. The van der Waals surface area contributed by atoms with Gasteiger partial charge in [0.15, 0.2) is 0 Å². The van der Waals surface area contributed by atoms with Gasteiger partial charge in [0.05, 0.1) is 8.66 Å². The monoisotopic (exact) mass is 344 g/mol. The summed E-state index contributed by atoms with van der Waals surface area (Å²) < 4.78 is 1.04. The number of hydrogen-bond acceptors (Lipinski definition) is 3. The quantitative estimate of drug-likeness (QED) is 0.887. The topological polar surface area (TPSA) is 32.3 Å². The Bertz CT molecular complexity index is 421. The zero-order valence-corrected chi connectivity index (χ0v) is 13.9. The van der Waals surface area contributed by atoms with Crippen molar-refractivity contribution in [3.8, 4) is 0 Å². The summed E-state index contributed by atoms with van der Waals surface area (Å²) in [6.07, 6.45) is 5.32. The molecule has 19 heavy (non-hydrogen) atoms. The van der Waals surface area contributed by atoms with E-state index < -0.39 is 0 Å². The van der Waals surface area contributed by atoms with Gasteiger partial charge in [-0.25, -0.2) is 0 Å². The highest BCUT2D eigenvalue weighted by molar-refractivity contribution is 9.11. The highest BCUT2D eigenvalue weighted by Gasteiger charge is 2.19. The standard InChI is InChI=1S/C14H21BrN2OS/c1-10-9-12(19-13(10)15)14(18)16-7-8-17(2)11-5-3-4-6-11/h9,11H,3-8H2,1-2H3,(H,16,18). The van der Waals surface area contributed by atoms with Gasteiger partial charge >= 0.3 is 0 Å². The van der Waals surface area contributed by atoms with Crippen LogP contribution in [0.3, 0.4) is 0 Å². The van der Waals surface area contributed by atoms with Gasteiger partial charge in [-0.1, -0.05) is 12.8 Å². The fourth-order valence-corrected chi connectivity index (χ4v) is 3.98. The molecule has 1 aromatic rings. The van der Waals surface area contributed by atoms with Crippen molar-refractivity contribution in [2.45, 2.75) is 38.6 Å². The third kappa shape index (κ3) is 4.04. The molecule has 1 fully saturated rings. The Morgan fingerprint density at radius 1 is 1.53 bits per heavy atom. The lowest BCUT2D eigenvalue weighted by atomic mass is 10.2. The summed E-state index contributed by atoms with van der Waals surface area (Å²) in [5.74, 6) is 0.0404. The van der Waals surface area contributed by atoms with Crippen molar-refractivity contribution in [1.82, 2.24) is 10.2 Å². The molecule has 1 aromatic heterocycles. The molecule has 3 nitrogen and oxygen atoms in total. The summed E-state index contributed by atoms with van der Waals surface area (Å²) >= 11 is 4.95. The van der Waals surface area contributed by atoms with Gasteiger partial charge < -0.3 is 10.2 Å². The fraction of sp³-hybridized carbons (Fsp3) is 0.643. The highest BCUT2D eigenvalue weighted by Crippen LogP contribution is 2.27. The maximum Gasteiger partial charge on any atom is 0.261 e. The van der Waals surface area contributed by atoms with Crippen LogP contribution in [0.4, 0.5) is 0 Å². The van der Waals surface area contributed by atoms with Crippen LogP contribution in [0.15, 0.2) is 9.85 Å². The Balaban J connectivity index is 1.74. The molecule has 0 spiro atoms. The van der Waals surface area contributed by atoms with Crippen molar-refractivity contribution >= 4 is 33.2 Å². The third-order valence-electron chi connectivity index (χ3n) is 3.78. The van der Waals surface area contributed by atoms with Crippen molar-refractivity contribution in [2.75, 3.05) is 20.1 Å². The van der Waals surface area contributed by atoms with Crippen molar-refractivity contribution in [3.63, 3.8) is 0 Å². The van der Waals surface area contributed by atoms with Crippen LogP contribution in [0.5, 0.6) is 0 Å². The molecule has 106 valence electrons. The number of aryl methyl sites for hydroxylation is 1. The number of thiophene rings is 1. The fourth-order valence-electron chi connectivity index (χ4n) is 2.53. The van der Waals surface area contributed by atoms with E-state index in [1.165, 1.54) is 37.0 Å². The zero-order valence-electron chi connectivity index (χ0n) is 11.5. The lowest BCUT2D eigenvalue weighted by Gasteiger charge is -2.23. The largest absolute Gasteiger partial charge is 0.350 e. The first-order valence-electron chi connectivity index (χ1n) is 6.82. The number of halogens is 1. The molecule has 5 heteroatoms. The molecule has 0 atom stereocenters. The predicted octanol–water partition coefficient (Wildman–Crippen LogP) is 3.42. The molecule has 1 heterocycles. The summed E-state index contributed by atoms with van der Waals surface area (Å²) in [5, 5.41) is 3.00. The van der Waals surface area contributed by atoms with Crippen molar-refractivity contribution < 1.29 is 4.79 Å². The second-order valence-corrected chi connectivity index (χ2v) is 7.61. The summed E-state index contributed by atoms with van der Waals surface area (Å²) in [5.41, 5.74) is 1.12. The van der Waals surface area contributed by atoms with Crippen LogP contribution in [0.25, 0.3) is 0 Å². The number of hydrogen-bond donors (Lipinski definition) is 1. The molecular weight excluding hydrogens is 324 g/mol. The first-order chi connectivity index (χ1) is 9.08. The number of carbonyl (C=O) groups excluding carboxylic acids is 1. The summed E-state index contributed by atoms with van der Waals surface area (Å²) in [6, 6.07) is 2.65. The van der Waals surface area contributed by atoms with Gasteiger partial charge in [0.1, 0.15) is 0 Å². The molecule has 0 bridgehead atoms. The normalized spacial score (nSPS) is 16.2. The maximum atomic E-state index is 12.0. The average Bonchev–Trinajstić information content (AvgIpc) is 3.00. The minimum Gasteiger partial charge on any atom is -0.350 e. The average molecular weight is 345 g/mol. The van der Waals surface area contributed by atoms with Gasteiger partial charge in [0.2, 0.25) is 0 Å². The molecule has 1 aliphatic rings. The Labute approximate surface area is 127 Å². The van der Waals surface area contributed by atoms with Gasteiger partial charge in [0, 0.05) is 19.1 Å². The smallest absolute Gasteiger partial charge is 0.261 e. The van der Waals surface area contributed by atoms with Crippen molar-refractivity contribution in [3.05, 3.63) is 20.3 Å². The molecule has 1 aliphatic carbocycles. The number of carbonyl (C=O) groups is 1. The van der Waals surface area contributed by atoms with Crippen LogP contribution in [-0.2, 0) is 0 Å². The number of rotatable bonds is 5. The first-order valence-corrected chi connectivity index (χ1v) is 8.43. The van der Waals surface area contributed by atoms with E-state index in [4.69, 9.17) is 0 Å². The van der Waals surface area contributed by atoms with E-state index in [1.807, 2.05) is 13.0 Å². The van der Waals surface area contributed by atoms with Gasteiger partial charge in [0.25, 0.3) is 5.91 Å². The lowest BCUT2D eigenvalue weighted by molar-refractivity contribution is 0.0951. The SMILES string of the molecule is Cc1cc(C(=O)NCCN(C)C2CCCC2)sc1Br. The van der Waals surface area contributed by atoms with E-state index in [1.54, 1.807) is 0 Å². The van der Waals surface area contributed by atoms with E-state index in [0.29, 0.717) is 0 Å². The van der Waals surface area contributed by atoms with Crippen molar-refractivity contribution in [2.24, 2.45) is 0 Å². The second kappa shape index (κ2) is 6.86. The number of amides is 1. The summed E-state index contributed by atoms with van der Waals surface area (Å²) in [6.45, 7) is 3.66. The Morgan fingerprint density at radius 3 is 2.79 bits per heavy atom. The summed E-state index contributed by atoms with van der Waals surface area (Å²) in [4.78, 5) is 15.1. The maximum absolute atomic E-state index is 12.0. The second-order valence-electron chi connectivity index (χ2n) is 5.24. The van der Waals surface area contributed by atoms with E-state index in [2.05, 4.69) is 33.2 Å². The molecule has 1 saturated carbocycles.